The largest absolute Gasteiger partial charge is 0.454 e. The number of benzene rings is 7. The molecule has 4 heterocycles. The second-order valence-corrected chi connectivity index (χ2v) is 16.1. The molecule has 0 saturated heterocycles. The highest BCUT2D eigenvalue weighted by Crippen LogP contribution is 2.49. The SMILES string of the molecule is CC1Cc2sc3ccccc3c2C=C1c1cc2c3ccccc3oc2c2c1c1ccccc1n2-c1nc(-c2ccc(-c3ccccc3)cc2)c2ccccc2n1. The predicted octanol–water partition coefficient (Wildman–Crippen LogP) is 13.9. The Labute approximate surface area is 326 Å². The van der Waals surface area contributed by atoms with Crippen molar-refractivity contribution in [3.63, 3.8) is 0 Å². The van der Waals surface area contributed by atoms with Gasteiger partial charge in [0, 0.05) is 42.1 Å². The Morgan fingerprint density at radius 2 is 1.30 bits per heavy atom. The van der Waals surface area contributed by atoms with E-state index in [1.54, 1.807) is 0 Å². The number of aromatic nitrogens is 3. The third-order valence-electron chi connectivity index (χ3n) is 11.7. The van der Waals surface area contributed by atoms with Gasteiger partial charge in [0.2, 0.25) is 5.95 Å². The highest BCUT2D eigenvalue weighted by Gasteiger charge is 2.29. The molecular formula is C51H33N3OS. The highest BCUT2D eigenvalue weighted by atomic mass is 32.1. The summed E-state index contributed by atoms with van der Waals surface area (Å²) < 4.78 is 10.5. The fourth-order valence-corrected chi connectivity index (χ4v) is 10.4. The van der Waals surface area contributed by atoms with Crippen molar-refractivity contribution in [2.75, 3.05) is 0 Å². The van der Waals surface area contributed by atoms with E-state index in [9.17, 15) is 0 Å². The quantitative estimate of drug-likeness (QED) is 0.181. The van der Waals surface area contributed by atoms with Crippen molar-refractivity contribution in [2.45, 2.75) is 13.3 Å². The molecule has 0 radical (unpaired) electrons. The standard InChI is InChI=1S/C51H33N3OS/c1-30-27-46-39(35-16-8-12-22-45(35)56-46)28-38(30)40-29-41-34-15-7-11-21-44(34)55-50(41)49-47(40)37-18-6-10-20-43(37)54(49)51-52-42-19-9-5-17-36(42)48(53-51)33-25-23-32(24-26-33)31-13-3-2-4-14-31/h2-26,28-30H,27H2,1H3. The molecule has 56 heavy (non-hydrogen) atoms. The van der Waals surface area contributed by atoms with E-state index in [4.69, 9.17) is 14.4 Å². The molecule has 0 fully saturated rings. The lowest BCUT2D eigenvalue weighted by Gasteiger charge is -2.22. The molecule has 5 heteroatoms. The van der Waals surface area contributed by atoms with Crippen molar-refractivity contribution in [1.29, 1.82) is 0 Å². The zero-order valence-electron chi connectivity index (χ0n) is 30.5. The van der Waals surface area contributed by atoms with Crippen LogP contribution in [0.2, 0.25) is 0 Å². The Morgan fingerprint density at radius 3 is 2.16 bits per heavy atom. The number of fused-ring (bicyclic) bond motifs is 11. The topological polar surface area (TPSA) is 43.9 Å². The summed E-state index contributed by atoms with van der Waals surface area (Å²) in [5, 5.41) is 6.86. The van der Waals surface area contributed by atoms with Crippen LogP contribution in [0.5, 0.6) is 0 Å². The van der Waals surface area contributed by atoms with E-state index < -0.39 is 0 Å². The monoisotopic (exact) mass is 735 g/mol. The Kier molecular flexibility index (Phi) is 6.81. The van der Waals surface area contributed by atoms with E-state index in [0.29, 0.717) is 11.9 Å². The minimum Gasteiger partial charge on any atom is -0.454 e. The summed E-state index contributed by atoms with van der Waals surface area (Å²) in [6.07, 6.45) is 3.48. The summed E-state index contributed by atoms with van der Waals surface area (Å²) in [4.78, 5) is 12.3. The zero-order chi connectivity index (χ0) is 36.9. The van der Waals surface area contributed by atoms with Gasteiger partial charge in [0.15, 0.2) is 5.58 Å². The Hall–Kier alpha value is -6.82. The average Bonchev–Trinajstić information content (AvgIpc) is 3.92. The van der Waals surface area contributed by atoms with Crippen LogP contribution in [0.25, 0.3) is 105 Å². The van der Waals surface area contributed by atoms with Gasteiger partial charge in [0.25, 0.3) is 0 Å². The number of para-hydroxylation sites is 3. The maximum Gasteiger partial charge on any atom is 0.235 e. The van der Waals surface area contributed by atoms with Gasteiger partial charge in [0.1, 0.15) is 11.1 Å². The van der Waals surface area contributed by atoms with Crippen molar-refractivity contribution in [2.24, 2.45) is 5.92 Å². The van der Waals surface area contributed by atoms with Crippen molar-refractivity contribution in [1.82, 2.24) is 14.5 Å². The molecule has 1 aliphatic rings. The van der Waals surface area contributed by atoms with Crippen LogP contribution in [0.15, 0.2) is 162 Å². The molecule has 264 valence electrons. The Bertz CT molecular complexity index is 3400. The summed E-state index contributed by atoms with van der Waals surface area (Å²) in [6, 6.07) is 55.9. The van der Waals surface area contributed by atoms with Gasteiger partial charge in [-0.1, -0.05) is 134 Å². The lowest BCUT2D eigenvalue weighted by atomic mass is 9.82. The second-order valence-electron chi connectivity index (χ2n) is 14.9. The fourth-order valence-electron chi connectivity index (χ4n) is 9.05. The van der Waals surface area contributed by atoms with Crippen molar-refractivity contribution in [3.05, 3.63) is 174 Å². The zero-order valence-corrected chi connectivity index (χ0v) is 31.3. The third-order valence-corrected chi connectivity index (χ3v) is 12.9. The van der Waals surface area contributed by atoms with Gasteiger partial charge in [-0.05, 0) is 82.0 Å². The van der Waals surface area contributed by atoms with Crippen LogP contribution in [0.4, 0.5) is 0 Å². The van der Waals surface area contributed by atoms with Gasteiger partial charge in [-0.3, -0.25) is 4.57 Å². The third kappa shape index (κ3) is 4.64. The first-order chi connectivity index (χ1) is 27.7. The molecule has 0 amide bonds. The maximum absolute atomic E-state index is 6.89. The summed E-state index contributed by atoms with van der Waals surface area (Å²) in [5.41, 5.74) is 12.9. The molecule has 0 bridgehead atoms. The minimum atomic E-state index is 0.318. The first kappa shape index (κ1) is 31.5. The lowest BCUT2D eigenvalue weighted by molar-refractivity contribution is 0.670. The van der Waals surface area contributed by atoms with Crippen molar-refractivity contribution < 1.29 is 4.42 Å². The van der Waals surface area contributed by atoms with E-state index in [-0.39, 0.29) is 0 Å². The first-order valence-corrected chi connectivity index (χ1v) is 20.0. The van der Waals surface area contributed by atoms with Crippen LogP contribution >= 0.6 is 11.3 Å². The van der Waals surface area contributed by atoms with Crippen LogP contribution in [-0.4, -0.2) is 14.5 Å². The summed E-state index contributed by atoms with van der Waals surface area (Å²) in [6.45, 7) is 2.38. The maximum atomic E-state index is 6.89. The number of hydrogen-bond acceptors (Lipinski definition) is 4. The van der Waals surface area contributed by atoms with Gasteiger partial charge in [-0.15, -0.1) is 11.3 Å². The van der Waals surface area contributed by atoms with Crippen LogP contribution in [0, 0.1) is 5.92 Å². The van der Waals surface area contributed by atoms with Crippen LogP contribution in [0.3, 0.4) is 0 Å². The molecule has 7 aromatic carbocycles. The number of hydrogen-bond donors (Lipinski definition) is 0. The number of rotatable bonds is 4. The van der Waals surface area contributed by atoms with Crippen LogP contribution in [-0.2, 0) is 6.42 Å². The second kappa shape index (κ2) is 12.1. The number of furan rings is 1. The molecule has 4 aromatic heterocycles. The Balaban J connectivity index is 1.18. The fraction of sp³-hybridized carbons (Fsp3) is 0.0588. The summed E-state index contributed by atoms with van der Waals surface area (Å²) in [7, 11) is 0. The Morgan fingerprint density at radius 1 is 0.625 bits per heavy atom. The molecule has 0 saturated carbocycles. The number of nitrogens with zero attached hydrogens (tertiary/aromatic N) is 3. The summed E-state index contributed by atoms with van der Waals surface area (Å²) in [5.74, 6) is 0.937. The lowest BCUT2D eigenvalue weighted by Crippen LogP contribution is -2.08. The van der Waals surface area contributed by atoms with Crippen molar-refractivity contribution in [3.8, 4) is 28.3 Å². The van der Waals surface area contributed by atoms with Crippen molar-refractivity contribution >= 4 is 87.7 Å². The normalized spacial score (nSPS) is 14.4. The molecule has 0 aliphatic heterocycles. The van der Waals surface area contributed by atoms with E-state index in [2.05, 4.69) is 175 Å². The molecule has 11 aromatic rings. The van der Waals surface area contributed by atoms with Crippen LogP contribution in [0.1, 0.15) is 22.9 Å². The van der Waals surface area contributed by atoms with E-state index in [1.807, 2.05) is 11.3 Å². The average molecular weight is 736 g/mol. The number of allylic oxidation sites excluding steroid dienone is 1. The van der Waals surface area contributed by atoms with Crippen LogP contribution < -0.4 is 0 Å². The molecule has 1 aliphatic carbocycles. The van der Waals surface area contributed by atoms with Gasteiger partial charge in [-0.2, -0.15) is 0 Å². The van der Waals surface area contributed by atoms with E-state index in [0.717, 1.165) is 66.9 Å². The molecule has 1 unspecified atom stereocenters. The van der Waals surface area contributed by atoms with E-state index >= 15 is 0 Å². The molecule has 0 N–H and O–H groups in total. The highest BCUT2D eigenvalue weighted by molar-refractivity contribution is 7.19. The van der Waals surface area contributed by atoms with E-state index in [1.165, 1.54) is 48.2 Å². The molecule has 4 nitrogen and oxygen atoms in total. The predicted molar refractivity (Wildman–Crippen MR) is 235 cm³/mol. The summed E-state index contributed by atoms with van der Waals surface area (Å²) >= 11 is 1.93. The van der Waals surface area contributed by atoms with Gasteiger partial charge in [0.05, 0.1) is 16.7 Å². The molecule has 12 rings (SSSR count). The minimum absolute atomic E-state index is 0.318. The molecule has 1 atom stereocenters. The van der Waals surface area contributed by atoms with Gasteiger partial charge >= 0.3 is 0 Å². The molecular weight excluding hydrogens is 703 g/mol. The number of thiophene rings is 1. The van der Waals surface area contributed by atoms with Gasteiger partial charge in [-0.25, -0.2) is 9.97 Å². The van der Waals surface area contributed by atoms with Gasteiger partial charge < -0.3 is 4.42 Å². The smallest absolute Gasteiger partial charge is 0.235 e. The molecule has 0 spiro atoms. The first-order valence-electron chi connectivity index (χ1n) is 19.2.